The van der Waals surface area contributed by atoms with Gasteiger partial charge in [-0.05, 0) is 44.0 Å². The molecule has 0 unspecified atom stereocenters. The number of carboxylic acid groups (broad SMARTS) is 1. The molecule has 2 aromatic heterocycles. The van der Waals surface area contributed by atoms with E-state index in [1.807, 2.05) is 50.2 Å². The van der Waals surface area contributed by atoms with E-state index in [9.17, 15) is 9.90 Å². The highest BCUT2D eigenvalue weighted by atomic mass is 16.5. The van der Waals surface area contributed by atoms with Gasteiger partial charge >= 0.3 is 5.97 Å². The van der Waals surface area contributed by atoms with Crippen molar-refractivity contribution in [3.8, 4) is 17.2 Å². The number of aromatic nitrogens is 1. The number of pyridine rings is 1. The zero-order valence-corrected chi connectivity index (χ0v) is 16.8. The molecule has 29 heavy (non-hydrogen) atoms. The summed E-state index contributed by atoms with van der Waals surface area (Å²) in [6.07, 6.45) is 1.91. The molecule has 1 N–H and O–H groups in total. The first-order valence-corrected chi connectivity index (χ1v) is 9.80. The van der Waals surface area contributed by atoms with Crippen molar-refractivity contribution < 1.29 is 19.1 Å². The van der Waals surface area contributed by atoms with Gasteiger partial charge in [-0.15, -0.1) is 0 Å². The van der Waals surface area contributed by atoms with Crippen LogP contribution in [0.25, 0.3) is 33.3 Å². The molecule has 0 bridgehead atoms. The van der Waals surface area contributed by atoms with Crippen LogP contribution in [0.3, 0.4) is 0 Å². The number of unbranched alkanes of at least 4 members (excludes halogenated alkanes) is 1. The van der Waals surface area contributed by atoms with Gasteiger partial charge in [-0.3, -0.25) is 0 Å². The maximum atomic E-state index is 12.1. The molecule has 0 aliphatic rings. The normalized spacial score (nSPS) is 11.3. The Balaban J connectivity index is 1.96. The first kappa shape index (κ1) is 19.0. The Morgan fingerprint density at radius 3 is 2.69 bits per heavy atom. The molecule has 2 aromatic carbocycles. The van der Waals surface area contributed by atoms with Crippen molar-refractivity contribution in [2.75, 3.05) is 6.61 Å². The van der Waals surface area contributed by atoms with Crippen molar-refractivity contribution in [1.29, 1.82) is 0 Å². The molecule has 5 nitrogen and oxygen atoms in total. The van der Waals surface area contributed by atoms with Crippen molar-refractivity contribution in [3.05, 3.63) is 59.2 Å². The van der Waals surface area contributed by atoms with E-state index in [2.05, 4.69) is 6.92 Å². The third-order valence-electron chi connectivity index (χ3n) is 5.19. The highest BCUT2D eigenvalue weighted by Crippen LogP contribution is 2.37. The minimum Gasteiger partial charge on any atom is -0.493 e. The number of nitrogens with zero attached hydrogens (tertiary/aromatic N) is 1. The number of para-hydroxylation sites is 1. The predicted molar refractivity (Wildman–Crippen MR) is 114 cm³/mol. The smallest absolute Gasteiger partial charge is 0.336 e. The van der Waals surface area contributed by atoms with Crippen LogP contribution in [0.1, 0.15) is 41.3 Å². The molecule has 0 spiro atoms. The van der Waals surface area contributed by atoms with Crippen LogP contribution >= 0.6 is 0 Å². The highest BCUT2D eigenvalue weighted by molar-refractivity contribution is 6.07. The van der Waals surface area contributed by atoms with Crippen molar-refractivity contribution in [3.63, 3.8) is 0 Å². The lowest BCUT2D eigenvalue weighted by atomic mass is 10.0. The second kappa shape index (κ2) is 7.59. The molecule has 4 aromatic rings. The molecule has 0 aliphatic heterocycles. The van der Waals surface area contributed by atoms with Gasteiger partial charge in [0.15, 0.2) is 5.76 Å². The fourth-order valence-electron chi connectivity index (χ4n) is 3.59. The fraction of sp³-hybridized carbons (Fsp3) is 0.250. The van der Waals surface area contributed by atoms with Gasteiger partial charge in [0.2, 0.25) is 0 Å². The van der Waals surface area contributed by atoms with Crippen molar-refractivity contribution in [2.45, 2.75) is 33.6 Å². The monoisotopic (exact) mass is 389 g/mol. The molecule has 2 heterocycles. The summed E-state index contributed by atoms with van der Waals surface area (Å²) in [7, 11) is 0. The van der Waals surface area contributed by atoms with E-state index >= 15 is 0 Å². The number of benzene rings is 2. The second-order valence-electron chi connectivity index (χ2n) is 7.22. The van der Waals surface area contributed by atoms with Crippen molar-refractivity contribution in [1.82, 2.24) is 4.98 Å². The predicted octanol–water partition coefficient (Wildman–Crippen LogP) is 6.14. The van der Waals surface area contributed by atoms with Crippen LogP contribution in [0.4, 0.5) is 0 Å². The van der Waals surface area contributed by atoms with E-state index in [1.165, 1.54) is 0 Å². The maximum absolute atomic E-state index is 12.1. The van der Waals surface area contributed by atoms with Gasteiger partial charge in [-0.1, -0.05) is 37.6 Å². The number of rotatable bonds is 6. The van der Waals surface area contributed by atoms with Crippen molar-refractivity contribution in [2.24, 2.45) is 0 Å². The van der Waals surface area contributed by atoms with Crippen LogP contribution < -0.4 is 4.74 Å². The topological polar surface area (TPSA) is 72.6 Å². The molecule has 0 atom stereocenters. The Hall–Kier alpha value is -3.34. The molecule has 0 aliphatic carbocycles. The summed E-state index contributed by atoms with van der Waals surface area (Å²) in [6.45, 7) is 6.51. The number of carboxylic acids is 1. The number of aromatic carboxylic acids is 1. The summed E-state index contributed by atoms with van der Waals surface area (Å²) in [4.78, 5) is 16.9. The van der Waals surface area contributed by atoms with Gasteiger partial charge in [-0.2, -0.15) is 0 Å². The lowest BCUT2D eigenvalue weighted by molar-refractivity contribution is 0.0698. The van der Waals surface area contributed by atoms with Gasteiger partial charge in [-0.25, -0.2) is 9.78 Å². The SMILES string of the molecule is CCCCOc1ccc(C)c2nc(-c3oc4ccccc4c3C)cc(C(=O)O)c12. The van der Waals surface area contributed by atoms with E-state index in [0.717, 1.165) is 34.9 Å². The Morgan fingerprint density at radius 1 is 1.17 bits per heavy atom. The number of carbonyl (C=O) groups is 1. The summed E-state index contributed by atoms with van der Waals surface area (Å²) >= 11 is 0. The summed E-state index contributed by atoms with van der Waals surface area (Å²) in [5.74, 6) is 0.127. The number of ether oxygens (including phenoxy) is 1. The third-order valence-corrected chi connectivity index (χ3v) is 5.19. The Kier molecular flexibility index (Phi) is 4.97. The van der Waals surface area contributed by atoms with Gasteiger partial charge in [0, 0.05) is 10.9 Å². The molecular formula is C24H23NO4. The number of hydrogen-bond acceptors (Lipinski definition) is 4. The average Bonchev–Trinajstić information content (AvgIpc) is 3.06. The number of aryl methyl sites for hydroxylation is 2. The average molecular weight is 389 g/mol. The van der Waals surface area contributed by atoms with E-state index in [-0.39, 0.29) is 5.56 Å². The molecule has 4 rings (SSSR count). The third kappa shape index (κ3) is 3.33. The van der Waals surface area contributed by atoms with E-state index < -0.39 is 5.97 Å². The second-order valence-corrected chi connectivity index (χ2v) is 7.22. The molecule has 5 heteroatoms. The summed E-state index contributed by atoms with van der Waals surface area (Å²) < 4.78 is 11.9. The highest BCUT2D eigenvalue weighted by Gasteiger charge is 2.21. The van der Waals surface area contributed by atoms with Gasteiger partial charge in [0.05, 0.1) is 23.1 Å². The Morgan fingerprint density at radius 2 is 1.97 bits per heavy atom. The van der Waals surface area contributed by atoms with Crippen LogP contribution in [-0.2, 0) is 0 Å². The van der Waals surface area contributed by atoms with E-state index in [1.54, 1.807) is 6.07 Å². The van der Waals surface area contributed by atoms with Crippen LogP contribution in [0.5, 0.6) is 5.75 Å². The molecule has 0 fully saturated rings. The Labute approximate surface area is 168 Å². The largest absolute Gasteiger partial charge is 0.493 e. The number of fused-ring (bicyclic) bond motifs is 2. The van der Waals surface area contributed by atoms with Crippen LogP contribution in [0, 0.1) is 13.8 Å². The van der Waals surface area contributed by atoms with Gasteiger partial charge in [0.1, 0.15) is 17.0 Å². The Bertz CT molecular complexity index is 1220. The fourth-order valence-corrected chi connectivity index (χ4v) is 3.59. The van der Waals surface area contributed by atoms with Crippen LogP contribution in [0.2, 0.25) is 0 Å². The van der Waals surface area contributed by atoms with Gasteiger partial charge < -0.3 is 14.3 Å². The van der Waals surface area contributed by atoms with Gasteiger partial charge in [0.25, 0.3) is 0 Å². The molecule has 0 radical (unpaired) electrons. The zero-order chi connectivity index (χ0) is 20.5. The first-order chi connectivity index (χ1) is 14.0. The standard InChI is InChI=1S/C24H23NO4/c1-4-5-12-28-20-11-10-14(2)22-21(20)17(24(26)27)13-18(25-22)23-15(3)16-8-6-7-9-19(16)29-23/h6-11,13H,4-5,12H2,1-3H3,(H,26,27). The molecule has 148 valence electrons. The maximum Gasteiger partial charge on any atom is 0.336 e. The minimum absolute atomic E-state index is 0.167. The molecule has 0 saturated carbocycles. The summed E-state index contributed by atoms with van der Waals surface area (Å²) in [6, 6.07) is 13.1. The van der Waals surface area contributed by atoms with Crippen LogP contribution in [0.15, 0.2) is 46.9 Å². The minimum atomic E-state index is -1.02. The van der Waals surface area contributed by atoms with Crippen LogP contribution in [-0.4, -0.2) is 22.7 Å². The molecule has 0 amide bonds. The van der Waals surface area contributed by atoms with Crippen molar-refractivity contribution >= 4 is 27.8 Å². The lowest BCUT2D eigenvalue weighted by Crippen LogP contribution is -2.05. The summed E-state index contributed by atoms with van der Waals surface area (Å²) in [5.41, 5.74) is 3.89. The first-order valence-electron chi connectivity index (χ1n) is 9.80. The lowest BCUT2D eigenvalue weighted by Gasteiger charge is -2.14. The number of furan rings is 1. The van der Waals surface area contributed by atoms with E-state index in [4.69, 9.17) is 14.1 Å². The summed E-state index contributed by atoms with van der Waals surface area (Å²) in [5, 5.41) is 11.5. The quantitative estimate of drug-likeness (QED) is 0.401. The number of hydrogen-bond donors (Lipinski definition) is 1. The molecule has 0 saturated heterocycles. The van der Waals surface area contributed by atoms with E-state index in [0.29, 0.717) is 34.7 Å². The zero-order valence-electron chi connectivity index (χ0n) is 16.8. The molecular weight excluding hydrogens is 366 g/mol.